The molecule has 7 nitrogen and oxygen atoms in total. The van der Waals surface area contributed by atoms with E-state index in [4.69, 9.17) is 15.9 Å². The van der Waals surface area contributed by atoms with Crippen molar-refractivity contribution in [1.29, 1.82) is 5.41 Å². The maximum atomic E-state index is 12.7. The molecule has 2 fully saturated rings. The average molecular weight is 451 g/mol. The van der Waals surface area contributed by atoms with Crippen LogP contribution in [0.15, 0.2) is 24.3 Å². The molecule has 0 radical (unpaired) electrons. The van der Waals surface area contributed by atoms with Crippen molar-refractivity contribution >= 4 is 30.2 Å². The van der Waals surface area contributed by atoms with Crippen molar-refractivity contribution in [3.05, 3.63) is 35.4 Å². The fraction of sp³-hybridized carbons (Fsp3) is 0.609. The predicted octanol–water partition coefficient (Wildman–Crippen LogP) is 3.79. The Balaban J connectivity index is 0.00000341. The Bertz CT molecular complexity index is 753. The zero-order valence-electron chi connectivity index (χ0n) is 18.4. The summed E-state index contributed by atoms with van der Waals surface area (Å²) in [6, 6.07) is 8.01. The highest BCUT2D eigenvalue weighted by molar-refractivity contribution is 5.94. The van der Waals surface area contributed by atoms with Crippen LogP contribution in [0.4, 0.5) is 4.79 Å². The van der Waals surface area contributed by atoms with E-state index in [0.29, 0.717) is 5.92 Å². The van der Waals surface area contributed by atoms with Gasteiger partial charge in [0.05, 0.1) is 12.0 Å². The summed E-state index contributed by atoms with van der Waals surface area (Å²) in [5, 5.41) is 10.7. The number of halogens is 1. The number of nitrogen functional groups attached to an aromatic ring is 1. The van der Waals surface area contributed by atoms with Gasteiger partial charge in [0.15, 0.2) is 0 Å². The Kier molecular flexibility index (Phi) is 9.16. The number of piperidine rings is 1. The number of carbonyl (C=O) groups excluding carboxylic acids is 2. The molecule has 1 heterocycles. The van der Waals surface area contributed by atoms with Gasteiger partial charge < -0.3 is 20.7 Å². The maximum absolute atomic E-state index is 12.7. The molecule has 0 bridgehead atoms. The average Bonchev–Trinajstić information content (AvgIpc) is 2.74. The summed E-state index contributed by atoms with van der Waals surface area (Å²) >= 11 is 0. The largest absolute Gasteiger partial charge is 0.463 e. The van der Waals surface area contributed by atoms with Crippen molar-refractivity contribution < 1.29 is 14.3 Å². The SMILES string of the molecule is CC(C)OC(=O)[C@H]1CC[C@H](NC(=O)N2CCC(c3ccc(C(=N)N)cc3)CC2)CC1.Cl. The molecule has 1 aliphatic carbocycles. The van der Waals surface area contributed by atoms with Crippen LogP contribution in [0.25, 0.3) is 0 Å². The second-order valence-electron chi connectivity index (χ2n) is 8.78. The van der Waals surface area contributed by atoms with Crippen LogP contribution in [-0.2, 0) is 9.53 Å². The number of nitrogens with one attached hydrogen (secondary N) is 2. The quantitative estimate of drug-likeness (QED) is 0.360. The fourth-order valence-corrected chi connectivity index (χ4v) is 4.42. The second-order valence-corrected chi connectivity index (χ2v) is 8.78. The summed E-state index contributed by atoms with van der Waals surface area (Å²) in [6.07, 6.45) is 4.97. The van der Waals surface area contributed by atoms with Crippen LogP contribution in [0.1, 0.15) is 69.4 Å². The van der Waals surface area contributed by atoms with E-state index in [1.807, 2.05) is 43.0 Å². The standard InChI is InChI=1S/C23H34N4O3.ClH/c1-15(2)30-22(28)19-7-9-20(10-8-19)26-23(29)27-13-11-17(12-14-27)16-3-5-18(6-4-16)21(24)25;/h3-6,15,17,19-20H,7-14H2,1-2H3,(H3,24,25)(H,26,29);1H/t19-,20-;. The second kappa shape index (κ2) is 11.4. The highest BCUT2D eigenvalue weighted by atomic mass is 35.5. The van der Waals surface area contributed by atoms with Gasteiger partial charge in [0.1, 0.15) is 5.84 Å². The van der Waals surface area contributed by atoms with E-state index < -0.39 is 0 Å². The third-order valence-electron chi connectivity index (χ3n) is 6.22. The first kappa shape index (κ1) is 25.0. The number of amides is 2. The summed E-state index contributed by atoms with van der Waals surface area (Å²) in [4.78, 5) is 26.6. The van der Waals surface area contributed by atoms with Gasteiger partial charge in [-0.1, -0.05) is 24.3 Å². The molecular weight excluding hydrogens is 416 g/mol. The third kappa shape index (κ3) is 6.86. The molecule has 1 saturated carbocycles. The molecule has 2 amide bonds. The van der Waals surface area contributed by atoms with Gasteiger partial charge >= 0.3 is 12.0 Å². The van der Waals surface area contributed by atoms with Gasteiger partial charge in [-0.3, -0.25) is 10.2 Å². The van der Waals surface area contributed by atoms with Gasteiger partial charge in [0.2, 0.25) is 0 Å². The van der Waals surface area contributed by atoms with E-state index in [1.165, 1.54) is 5.56 Å². The van der Waals surface area contributed by atoms with Crippen LogP contribution in [0.3, 0.4) is 0 Å². The molecule has 0 unspecified atom stereocenters. The van der Waals surface area contributed by atoms with Crippen LogP contribution in [-0.4, -0.2) is 48.0 Å². The molecule has 4 N–H and O–H groups in total. The lowest BCUT2D eigenvalue weighted by atomic mass is 9.86. The number of benzene rings is 1. The number of rotatable bonds is 5. The lowest BCUT2D eigenvalue weighted by molar-refractivity contribution is -0.153. The van der Waals surface area contributed by atoms with Gasteiger partial charge in [-0.05, 0) is 63.9 Å². The van der Waals surface area contributed by atoms with Crippen molar-refractivity contribution in [2.24, 2.45) is 11.7 Å². The van der Waals surface area contributed by atoms with Crippen LogP contribution < -0.4 is 11.1 Å². The Hall–Kier alpha value is -2.28. The van der Waals surface area contributed by atoms with Gasteiger partial charge in [-0.2, -0.15) is 0 Å². The van der Waals surface area contributed by atoms with Gasteiger partial charge in [0.25, 0.3) is 0 Å². The molecule has 1 aromatic rings. The number of likely N-dealkylation sites (tertiary alicyclic amines) is 1. The first-order valence-electron chi connectivity index (χ1n) is 11.0. The maximum Gasteiger partial charge on any atom is 0.317 e. The number of nitrogens with zero attached hydrogens (tertiary/aromatic N) is 1. The first-order chi connectivity index (χ1) is 14.3. The van der Waals surface area contributed by atoms with Gasteiger partial charge in [0, 0.05) is 24.7 Å². The van der Waals surface area contributed by atoms with Gasteiger partial charge in [-0.15, -0.1) is 12.4 Å². The first-order valence-corrected chi connectivity index (χ1v) is 11.0. The molecule has 1 aromatic carbocycles. The molecule has 3 rings (SSSR count). The summed E-state index contributed by atoms with van der Waals surface area (Å²) in [6.45, 7) is 5.21. The molecule has 1 aliphatic heterocycles. The number of urea groups is 1. The normalized spacial score (nSPS) is 21.8. The monoisotopic (exact) mass is 450 g/mol. The fourth-order valence-electron chi connectivity index (χ4n) is 4.42. The lowest BCUT2D eigenvalue weighted by Crippen LogP contribution is -2.48. The smallest absolute Gasteiger partial charge is 0.317 e. The van der Waals surface area contributed by atoms with Gasteiger partial charge in [-0.25, -0.2) is 4.79 Å². The summed E-state index contributed by atoms with van der Waals surface area (Å²) in [5.74, 6) is 0.371. The van der Waals surface area contributed by atoms with Crippen molar-refractivity contribution in [1.82, 2.24) is 10.2 Å². The molecule has 1 saturated heterocycles. The molecule has 0 atom stereocenters. The number of hydrogen-bond donors (Lipinski definition) is 3. The van der Waals surface area contributed by atoms with E-state index >= 15 is 0 Å². The minimum atomic E-state index is -0.104. The lowest BCUT2D eigenvalue weighted by Gasteiger charge is -2.35. The minimum Gasteiger partial charge on any atom is -0.463 e. The van der Waals surface area contributed by atoms with Crippen LogP contribution in [0, 0.1) is 11.3 Å². The molecule has 31 heavy (non-hydrogen) atoms. The van der Waals surface area contributed by atoms with Crippen molar-refractivity contribution in [2.45, 2.75) is 70.4 Å². The van der Waals surface area contributed by atoms with Crippen LogP contribution in [0.2, 0.25) is 0 Å². The van der Waals surface area contributed by atoms with E-state index in [9.17, 15) is 9.59 Å². The third-order valence-corrected chi connectivity index (χ3v) is 6.22. The number of ether oxygens (including phenoxy) is 1. The number of nitrogens with two attached hydrogens (primary N) is 1. The van der Waals surface area contributed by atoms with Crippen molar-refractivity contribution in [2.75, 3.05) is 13.1 Å². The Morgan fingerprint density at radius 1 is 1.06 bits per heavy atom. The van der Waals surface area contributed by atoms with E-state index in [2.05, 4.69) is 5.32 Å². The summed E-state index contributed by atoms with van der Waals surface area (Å²) in [5.41, 5.74) is 7.50. The van der Waals surface area contributed by atoms with Crippen LogP contribution >= 0.6 is 12.4 Å². The van der Waals surface area contributed by atoms with E-state index in [1.54, 1.807) is 0 Å². The number of carbonyl (C=O) groups is 2. The molecule has 172 valence electrons. The van der Waals surface area contributed by atoms with E-state index in [0.717, 1.165) is 57.2 Å². The number of hydrogen-bond acceptors (Lipinski definition) is 4. The molecular formula is C23H35ClN4O3. The number of amidine groups is 1. The molecule has 2 aliphatic rings. The topological polar surface area (TPSA) is 109 Å². The Labute approximate surface area is 191 Å². The number of esters is 1. The van der Waals surface area contributed by atoms with Crippen molar-refractivity contribution in [3.63, 3.8) is 0 Å². The highest BCUT2D eigenvalue weighted by Crippen LogP contribution is 2.29. The zero-order valence-corrected chi connectivity index (χ0v) is 19.2. The Morgan fingerprint density at radius 2 is 1.65 bits per heavy atom. The van der Waals surface area contributed by atoms with Crippen molar-refractivity contribution in [3.8, 4) is 0 Å². The Morgan fingerprint density at radius 3 is 2.16 bits per heavy atom. The molecule has 0 spiro atoms. The summed E-state index contributed by atoms with van der Waals surface area (Å²) < 4.78 is 5.31. The highest BCUT2D eigenvalue weighted by Gasteiger charge is 2.30. The minimum absolute atomic E-state index is 0. The van der Waals surface area contributed by atoms with E-state index in [-0.39, 0.29) is 48.3 Å². The zero-order chi connectivity index (χ0) is 21.7. The molecule has 8 heteroatoms. The molecule has 0 aromatic heterocycles. The summed E-state index contributed by atoms with van der Waals surface area (Å²) in [7, 11) is 0. The predicted molar refractivity (Wildman–Crippen MR) is 124 cm³/mol. The van der Waals surface area contributed by atoms with Crippen LogP contribution in [0.5, 0.6) is 0 Å².